The quantitative estimate of drug-likeness (QED) is 0.285. The third-order valence-electron chi connectivity index (χ3n) is 3.49. The summed E-state index contributed by atoms with van der Waals surface area (Å²) in [6.07, 6.45) is 2.16. The monoisotopic (exact) mass is 324 g/mol. The predicted molar refractivity (Wildman–Crippen MR) is 94.5 cm³/mol. The lowest BCUT2D eigenvalue weighted by Crippen LogP contribution is -2.16. The molecule has 0 bridgehead atoms. The largest absolute Gasteiger partial charge is 0.462 e. The van der Waals surface area contributed by atoms with Crippen LogP contribution in [-0.2, 0) is 9.53 Å². The molecule has 0 fully saturated rings. The van der Waals surface area contributed by atoms with E-state index < -0.39 is 5.97 Å². The minimum atomic E-state index is -0.500. The highest BCUT2D eigenvalue weighted by Gasteiger charge is 2.25. The van der Waals surface area contributed by atoms with E-state index in [-0.39, 0.29) is 18.1 Å². The van der Waals surface area contributed by atoms with Gasteiger partial charge in [-0.05, 0) is 25.5 Å². The van der Waals surface area contributed by atoms with Crippen LogP contribution in [0.25, 0.3) is 0 Å². The van der Waals surface area contributed by atoms with E-state index in [0.29, 0.717) is 6.42 Å². The van der Waals surface area contributed by atoms with Crippen molar-refractivity contribution in [2.45, 2.75) is 20.3 Å². The summed E-state index contributed by atoms with van der Waals surface area (Å²) in [4.78, 5) is 12.1. The van der Waals surface area contributed by atoms with Crippen LogP contribution in [0.1, 0.15) is 25.8 Å². The molecule has 0 saturated heterocycles. The Morgan fingerprint density at radius 1 is 1.04 bits per heavy atom. The Balaban J connectivity index is 2.57. The Bertz CT molecular complexity index is 734. The van der Waals surface area contributed by atoms with E-state index in [9.17, 15) is 9.90 Å². The predicted octanol–water partition coefficient (Wildman–Crippen LogP) is 4.19. The molecule has 0 aliphatic heterocycles. The standard InChI is InChI=1S/C20H21NO3/c1-3-18(20(23)24-4-2)19(22)21(17-13-9-6-10-14-17)15-16-11-7-5-8-12-16/h5-15H,3-4H2,1-2H3/p+1. The molecule has 2 rings (SSSR count). The van der Waals surface area contributed by atoms with Gasteiger partial charge in [-0.3, -0.25) is 0 Å². The number of hydrogen-bond donors (Lipinski definition) is 1. The summed E-state index contributed by atoms with van der Waals surface area (Å²) < 4.78 is 6.66. The topological polar surface area (TPSA) is 49.5 Å². The molecule has 0 aliphatic rings. The zero-order valence-electron chi connectivity index (χ0n) is 14.0. The van der Waals surface area contributed by atoms with Crippen LogP contribution in [0, 0.1) is 0 Å². The van der Waals surface area contributed by atoms with Crippen LogP contribution in [0.3, 0.4) is 0 Å². The molecule has 0 spiro atoms. The third kappa shape index (κ3) is 4.32. The fourth-order valence-corrected chi connectivity index (χ4v) is 2.29. The summed E-state index contributed by atoms with van der Waals surface area (Å²) in [5, 5.41) is 10.8. The highest BCUT2D eigenvalue weighted by Crippen LogP contribution is 2.19. The van der Waals surface area contributed by atoms with Gasteiger partial charge in [0, 0.05) is 17.7 Å². The molecule has 0 unspecified atom stereocenters. The summed E-state index contributed by atoms with van der Waals surface area (Å²) in [5.41, 5.74) is 1.91. The van der Waals surface area contributed by atoms with Crippen molar-refractivity contribution in [3.63, 3.8) is 0 Å². The molecule has 4 nitrogen and oxygen atoms in total. The van der Waals surface area contributed by atoms with Crippen LogP contribution in [0.5, 0.6) is 0 Å². The molecule has 0 aliphatic carbocycles. The maximum absolute atomic E-state index is 12.1. The molecular weight excluding hydrogens is 302 g/mol. The van der Waals surface area contributed by atoms with Gasteiger partial charge in [0.15, 0.2) is 6.21 Å². The third-order valence-corrected chi connectivity index (χ3v) is 3.49. The van der Waals surface area contributed by atoms with Crippen LogP contribution in [-0.4, -0.2) is 28.5 Å². The number of para-hydroxylation sites is 1. The van der Waals surface area contributed by atoms with Gasteiger partial charge in [0.25, 0.3) is 0 Å². The van der Waals surface area contributed by atoms with E-state index in [1.807, 2.05) is 67.6 Å². The molecule has 124 valence electrons. The van der Waals surface area contributed by atoms with E-state index >= 15 is 0 Å². The van der Waals surface area contributed by atoms with E-state index in [2.05, 4.69) is 0 Å². The smallest absolute Gasteiger partial charge is 0.382 e. The number of aliphatic hydroxyl groups is 1. The molecule has 0 saturated carbocycles. The summed E-state index contributed by atoms with van der Waals surface area (Å²) >= 11 is 0. The van der Waals surface area contributed by atoms with Gasteiger partial charge in [-0.2, -0.15) is 0 Å². The lowest BCUT2D eigenvalue weighted by Gasteiger charge is -2.07. The number of esters is 1. The summed E-state index contributed by atoms with van der Waals surface area (Å²) in [6, 6.07) is 19.0. The first-order valence-corrected chi connectivity index (χ1v) is 8.00. The first-order valence-electron chi connectivity index (χ1n) is 8.00. The van der Waals surface area contributed by atoms with Gasteiger partial charge in [-0.25, -0.2) is 4.79 Å². The average molecular weight is 324 g/mol. The van der Waals surface area contributed by atoms with Crippen LogP contribution >= 0.6 is 0 Å². The van der Waals surface area contributed by atoms with E-state index in [0.717, 1.165) is 11.3 Å². The second-order valence-corrected chi connectivity index (χ2v) is 5.12. The van der Waals surface area contributed by atoms with Crippen molar-refractivity contribution in [2.24, 2.45) is 0 Å². The molecule has 2 aromatic carbocycles. The van der Waals surface area contributed by atoms with Crippen LogP contribution in [0.4, 0.5) is 5.69 Å². The van der Waals surface area contributed by atoms with Gasteiger partial charge < -0.3 is 9.84 Å². The fraction of sp³-hybridized carbons (Fsp3) is 0.200. The molecule has 0 radical (unpaired) electrons. The normalized spacial score (nSPS) is 12.5. The number of benzene rings is 2. The molecule has 1 N–H and O–H groups in total. The van der Waals surface area contributed by atoms with Crippen molar-refractivity contribution >= 4 is 17.9 Å². The van der Waals surface area contributed by atoms with Gasteiger partial charge in [0.05, 0.1) is 6.61 Å². The number of carbonyl (C=O) groups excluding carboxylic acids is 1. The Kier molecular flexibility index (Phi) is 6.32. The molecule has 0 heterocycles. The Morgan fingerprint density at radius 2 is 1.62 bits per heavy atom. The Labute approximate surface area is 142 Å². The maximum atomic E-state index is 12.1. The second kappa shape index (κ2) is 8.67. The summed E-state index contributed by atoms with van der Waals surface area (Å²) in [7, 11) is 0. The van der Waals surface area contributed by atoms with Crippen molar-refractivity contribution in [1.29, 1.82) is 0 Å². The molecule has 0 amide bonds. The highest BCUT2D eigenvalue weighted by atomic mass is 16.5. The molecule has 4 heteroatoms. The molecule has 2 aromatic rings. The van der Waals surface area contributed by atoms with Crippen LogP contribution in [0.15, 0.2) is 72.1 Å². The first-order chi connectivity index (χ1) is 11.7. The lowest BCUT2D eigenvalue weighted by molar-refractivity contribution is -0.416. The summed E-state index contributed by atoms with van der Waals surface area (Å²) in [5.74, 6) is -0.620. The molecule has 0 aromatic heterocycles. The Morgan fingerprint density at radius 3 is 2.17 bits per heavy atom. The van der Waals surface area contributed by atoms with Crippen molar-refractivity contribution in [3.05, 3.63) is 77.7 Å². The van der Waals surface area contributed by atoms with Gasteiger partial charge in [0.2, 0.25) is 5.69 Å². The second-order valence-electron chi connectivity index (χ2n) is 5.12. The maximum Gasteiger partial charge on any atom is 0.382 e. The van der Waals surface area contributed by atoms with E-state index in [1.165, 1.54) is 0 Å². The number of aliphatic hydroxyl groups excluding tert-OH is 1. The number of hydrogen-bond acceptors (Lipinski definition) is 3. The number of nitrogens with zero attached hydrogens (tertiary/aromatic N) is 1. The van der Waals surface area contributed by atoms with E-state index in [1.54, 1.807) is 17.7 Å². The minimum absolute atomic E-state index is 0.119. The number of rotatable bonds is 6. The van der Waals surface area contributed by atoms with Crippen LogP contribution < -0.4 is 0 Å². The number of carbonyl (C=O) groups is 1. The minimum Gasteiger partial charge on any atom is -0.462 e. The van der Waals surface area contributed by atoms with Crippen molar-refractivity contribution in [2.75, 3.05) is 6.61 Å². The summed E-state index contributed by atoms with van der Waals surface area (Å²) in [6.45, 7) is 3.82. The first kappa shape index (κ1) is 17.5. The van der Waals surface area contributed by atoms with Crippen LogP contribution in [0.2, 0.25) is 0 Å². The molecule has 24 heavy (non-hydrogen) atoms. The van der Waals surface area contributed by atoms with Gasteiger partial charge >= 0.3 is 11.9 Å². The van der Waals surface area contributed by atoms with Gasteiger partial charge in [0.1, 0.15) is 5.57 Å². The molecule has 0 atom stereocenters. The van der Waals surface area contributed by atoms with Crippen molar-refractivity contribution in [3.8, 4) is 0 Å². The van der Waals surface area contributed by atoms with E-state index in [4.69, 9.17) is 4.74 Å². The SMILES string of the molecule is CCOC(=O)C(CC)=C(O)[N+](=Cc1ccccc1)c1ccccc1. The zero-order valence-corrected chi connectivity index (χ0v) is 14.0. The van der Waals surface area contributed by atoms with Crippen molar-refractivity contribution in [1.82, 2.24) is 0 Å². The number of ether oxygens (including phenoxy) is 1. The molecular formula is C20H22NO3+. The Hall–Kier alpha value is -2.88. The lowest BCUT2D eigenvalue weighted by atomic mass is 10.2. The highest BCUT2D eigenvalue weighted by molar-refractivity contribution is 5.88. The fourth-order valence-electron chi connectivity index (χ4n) is 2.29. The average Bonchev–Trinajstić information content (AvgIpc) is 2.62. The van der Waals surface area contributed by atoms with Gasteiger partial charge in [-0.15, -0.1) is 4.58 Å². The van der Waals surface area contributed by atoms with Crippen molar-refractivity contribution < 1.29 is 19.2 Å². The van der Waals surface area contributed by atoms with Gasteiger partial charge in [-0.1, -0.05) is 43.3 Å². The zero-order chi connectivity index (χ0) is 17.4.